The Balaban J connectivity index is 1.72. The number of pyridine rings is 1. The molecular weight excluding hydrogens is 350 g/mol. The minimum absolute atomic E-state index is 0.181. The van der Waals surface area contributed by atoms with Gasteiger partial charge in [0.25, 0.3) is 0 Å². The molecule has 0 saturated heterocycles. The third-order valence-corrected chi connectivity index (χ3v) is 4.96. The summed E-state index contributed by atoms with van der Waals surface area (Å²) in [5.74, 6) is 1.00. The normalized spacial score (nSPS) is 12.0. The van der Waals surface area contributed by atoms with E-state index in [2.05, 4.69) is 29.5 Å². The number of methoxy groups -OCH3 is 1. The highest BCUT2D eigenvalue weighted by molar-refractivity contribution is 5.91. The van der Waals surface area contributed by atoms with Gasteiger partial charge in [-0.2, -0.15) is 0 Å². The molecule has 0 aliphatic carbocycles. The molecule has 154 valence electrons. The summed E-state index contributed by atoms with van der Waals surface area (Å²) in [4.78, 5) is 16.4. The molecule has 28 heavy (non-hydrogen) atoms. The molecule has 1 aromatic heterocycles. The van der Waals surface area contributed by atoms with E-state index >= 15 is 0 Å². The van der Waals surface area contributed by atoms with Gasteiger partial charge in [0, 0.05) is 36.7 Å². The van der Waals surface area contributed by atoms with Crippen LogP contribution < -0.4 is 15.4 Å². The van der Waals surface area contributed by atoms with Crippen molar-refractivity contribution in [3.63, 3.8) is 0 Å². The van der Waals surface area contributed by atoms with E-state index in [0.717, 1.165) is 54.6 Å². The van der Waals surface area contributed by atoms with Crippen molar-refractivity contribution in [2.45, 2.75) is 71.3 Å². The summed E-state index contributed by atoms with van der Waals surface area (Å²) in [6.45, 7) is 5.09. The molecule has 1 heterocycles. The predicted octanol–water partition coefficient (Wildman–Crippen LogP) is 5.30. The van der Waals surface area contributed by atoms with E-state index in [0.29, 0.717) is 6.42 Å². The molecule has 5 nitrogen and oxygen atoms in total. The minimum Gasteiger partial charge on any atom is -0.497 e. The number of rotatable bonds is 13. The quantitative estimate of drug-likeness (QED) is 0.459. The number of hydrogen-bond acceptors (Lipinski definition) is 4. The van der Waals surface area contributed by atoms with Gasteiger partial charge in [-0.25, -0.2) is 0 Å². The number of aromatic nitrogens is 1. The number of hydrogen-bond donors (Lipinski definition) is 2. The van der Waals surface area contributed by atoms with E-state index in [9.17, 15) is 4.79 Å². The number of unbranched alkanes of at least 4 members (excludes halogenated alkanes) is 4. The SMILES string of the molecule is CCCCCCCC(=O)NCCC[C@H](C)Nc1cc(OC)cc2cccnc12. The summed E-state index contributed by atoms with van der Waals surface area (Å²) in [5, 5.41) is 7.65. The lowest BCUT2D eigenvalue weighted by molar-refractivity contribution is -0.121. The van der Waals surface area contributed by atoms with Crippen molar-refractivity contribution in [1.29, 1.82) is 0 Å². The van der Waals surface area contributed by atoms with Crippen molar-refractivity contribution in [1.82, 2.24) is 10.3 Å². The van der Waals surface area contributed by atoms with E-state index in [1.54, 1.807) is 7.11 Å². The molecule has 0 spiro atoms. The van der Waals surface area contributed by atoms with Crippen molar-refractivity contribution in [3.05, 3.63) is 30.5 Å². The van der Waals surface area contributed by atoms with Crippen LogP contribution in [0.2, 0.25) is 0 Å². The van der Waals surface area contributed by atoms with Crippen molar-refractivity contribution >= 4 is 22.5 Å². The molecule has 1 atom stereocenters. The second-order valence-electron chi connectivity index (χ2n) is 7.45. The maximum Gasteiger partial charge on any atom is 0.219 e. The fraction of sp³-hybridized carbons (Fsp3) is 0.565. The van der Waals surface area contributed by atoms with Gasteiger partial charge in [0.05, 0.1) is 18.3 Å². The molecule has 1 aromatic carbocycles. The number of carbonyl (C=O) groups excluding carboxylic acids is 1. The highest BCUT2D eigenvalue weighted by atomic mass is 16.5. The fourth-order valence-corrected chi connectivity index (χ4v) is 3.34. The van der Waals surface area contributed by atoms with E-state index in [1.165, 1.54) is 19.3 Å². The number of nitrogens with zero attached hydrogens (tertiary/aromatic N) is 1. The van der Waals surface area contributed by atoms with Gasteiger partial charge in [0.2, 0.25) is 5.91 Å². The predicted molar refractivity (Wildman–Crippen MR) is 117 cm³/mol. The van der Waals surface area contributed by atoms with Gasteiger partial charge in [-0.3, -0.25) is 9.78 Å². The first-order chi connectivity index (χ1) is 13.6. The van der Waals surface area contributed by atoms with Crippen molar-refractivity contribution in [3.8, 4) is 5.75 Å². The first-order valence-corrected chi connectivity index (χ1v) is 10.6. The van der Waals surface area contributed by atoms with Gasteiger partial charge in [0.15, 0.2) is 0 Å². The summed E-state index contributed by atoms with van der Waals surface area (Å²) in [7, 11) is 1.68. The average Bonchev–Trinajstić information content (AvgIpc) is 2.71. The second kappa shape index (κ2) is 12.2. The van der Waals surface area contributed by atoms with Crippen LogP contribution in [0.25, 0.3) is 10.9 Å². The zero-order valence-electron chi connectivity index (χ0n) is 17.6. The largest absolute Gasteiger partial charge is 0.497 e. The Morgan fingerprint density at radius 2 is 2.00 bits per heavy atom. The topological polar surface area (TPSA) is 63.2 Å². The maximum atomic E-state index is 11.9. The molecule has 2 rings (SSSR count). The Morgan fingerprint density at radius 3 is 2.79 bits per heavy atom. The van der Waals surface area contributed by atoms with Gasteiger partial charge < -0.3 is 15.4 Å². The van der Waals surface area contributed by atoms with Crippen LogP contribution in [-0.4, -0.2) is 30.6 Å². The Bertz CT molecular complexity index is 733. The summed E-state index contributed by atoms with van der Waals surface area (Å²) in [6, 6.07) is 8.24. The van der Waals surface area contributed by atoms with Crippen LogP contribution >= 0.6 is 0 Å². The standard InChI is InChI=1S/C23H35N3O2/c1-4-5-6-7-8-13-22(27)24-14-9-11-18(2)26-21-17-20(28-3)16-19-12-10-15-25-23(19)21/h10,12,15-18,26H,4-9,11,13-14H2,1-3H3,(H,24,27)/t18-/m0/s1. The van der Waals surface area contributed by atoms with Crippen LogP contribution in [0, 0.1) is 0 Å². The Kier molecular flexibility index (Phi) is 9.60. The molecule has 0 unspecified atom stereocenters. The summed E-state index contributed by atoms with van der Waals surface area (Å²) >= 11 is 0. The first kappa shape index (κ1) is 22.0. The zero-order valence-corrected chi connectivity index (χ0v) is 17.6. The van der Waals surface area contributed by atoms with Crippen LogP contribution in [0.15, 0.2) is 30.5 Å². The highest BCUT2D eigenvalue weighted by Crippen LogP contribution is 2.28. The Morgan fingerprint density at radius 1 is 1.18 bits per heavy atom. The van der Waals surface area contributed by atoms with Gasteiger partial charge >= 0.3 is 0 Å². The molecule has 5 heteroatoms. The maximum absolute atomic E-state index is 11.9. The smallest absolute Gasteiger partial charge is 0.219 e. The molecule has 1 amide bonds. The lowest BCUT2D eigenvalue weighted by Crippen LogP contribution is -2.25. The van der Waals surface area contributed by atoms with E-state index < -0.39 is 0 Å². The number of fused-ring (bicyclic) bond motifs is 1. The first-order valence-electron chi connectivity index (χ1n) is 10.6. The molecule has 0 aliphatic heterocycles. The molecule has 0 saturated carbocycles. The van der Waals surface area contributed by atoms with E-state index in [1.807, 2.05) is 30.5 Å². The van der Waals surface area contributed by atoms with Crippen LogP contribution in [0.3, 0.4) is 0 Å². The molecule has 2 N–H and O–H groups in total. The number of amides is 1. The molecule has 2 aromatic rings. The Labute approximate surface area is 169 Å². The van der Waals surface area contributed by atoms with Crippen molar-refractivity contribution in [2.75, 3.05) is 19.0 Å². The number of nitrogens with one attached hydrogen (secondary N) is 2. The molecule has 0 bridgehead atoms. The zero-order chi connectivity index (χ0) is 20.2. The van der Waals surface area contributed by atoms with Crippen LogP contribution in [0.1, 0.15) is 65.2 Å². The van der Waals surface area contributed by atoms with E-state index in [4.69, 9.17) is 4.74 Å². The third kappa shape index (κ3) is 7.37. The van der Waals surface area contributed by atoms with E-state index in [-0.39, 0.29) is 11.9 Å². The van der Waals surface area contributed by atoms with Crippen LogP contribution in [-0.2, 0) is 4.79 Å². The number of carbonyl (C=O) groups is 1. The summed E-state index contributed by atoms with van der Waals surface area (Å²) in [5.41, 5.74) is 1.94. The molecule has 0 radical (unpaired) electrons. The monoisotopic (exact) mass is 385 g/mol. The fourth-order valence-electron chi connectivity index (χ4n) is 3.34. The summed E-state index contributed by atoms with van der Waals surface area (Å²) in [6.07, 6.45) is 10.3. The van der Waals surface area contributed by atoms with Gasteiger partial charge in [-0.05, 0) is 38.3 Å². The second-order valence-corrected chi connectivity index (χ2v) is 7.45. The lowest BCUT2D eigenvalue weighted by Gasteiger charge is -2.17. The van der Waals surface area contributed by atoms with Crippen LogP contribution in [0.5, 0.6) is 5.75 Å². The summed E-state index contributed by atoms with van der Waals surface area (Å²) < 4.78 is 5.41. The number of anilines is 1. The van der Waals surface area contributed by atoms with Gasteiger partial charge in [-0.1, -0.05) is 38.7 Å². The Hall–Kier alpha value is -2.30. The molecule has 0 fully saturated rings. The van der Waals surface area contributed by atoms with Crippen molar-refractivity contribution < 1.29 is 9.53 Å². The average molecular weight is 386 g/mol. The van der Waals surface area contributed by atoms with Gasteiger partial charge in [0.1, 0.15) is 5.75 Å². The highest BCUT2D eigenvalue weighted by Gasteiger charge is 2.09. The van der Waals surface area contributed by atoms with Crippen molar-refractivity contribution in [2.24, 2.45) is 0 Å². The number of ether oxygens (including phenoxy) is 1. The molecule has 0 aliphatic rings. The van der Waals surface area contributed by atoms with Crippen LogP contribution in [0.4, 0.5) is 5.69 Å². The lowest BCUT2D eigenvalue weighted by atomic mass is 10.1. The van der Waals surface area contributed by atoms with Gasteiger partial charge in [-0.15, -0.1) is 0 Å². The third-order valence-electron chi connectivity index (χ3n) is 4.96. The number of benzene rings is 1. The minimum atomic E-state index is 0.181. The molecular formula is C23H35N3O2.